The summed E-state index contributed by atoms with van der Waals surface area (Å²) in [5.41, 5.74) is 1.66. The molecule has 0 aromatic carbocycles. The van der Waals surface area contributed by atoms with E-state index in [2.05, 4.69) is 17.2 Å². The zero-order chi connectivity index (χ0) is 13.9. The summed E-state index contributed by atoms with van der Waals surface area (Å²) in [6, 6.07) is 1.98. The predicted octanol–water partition coefficient (Wildman–Crippen LogP) is 2.75. The molecule has 19 heavy (non-hydrogen) atoms. The molecule has 1 fully saturated rings. The van der Waals surface area contributed by atoms with E-state index in [1.54, 1.807) is 13.3 Å². The molecule has 2 rings (SSSR count). The highest BCUT2D eigenvalue weighted by Gasteiger charge is 2.34. The maximum absolute atomic E-state index is 9.80. The number of anilines is 1. The fourth-order valence-corrected chi connectivity index (χ4v) is 2.73. The van der Waals surface area contributed by atoms with Crippen LogP contribution in [0.4, 0.5) is 5.69 Å². The molecule has 0 bridgehead atoms. The second kappa shape index (κ2) is 5.78. The van der Waals surface area contributed by atoms with Gasteiger partial charge in [0.25, 0.3) is 0 Å². The lowest BCUT2D eigenvalue weighted by Gasteiger charge is -2.39. The molecule has 0 spiro atoms. The van der Waals surface area contributed by atoms with Crippen LogP contribution in [-0.2, 0) is 0 Å². The van der Waals surface area contributed by atoms with Crippen molar-refractivity contribution in [3.05, 3.63) is 18.0 Å². The van der Waals surface area contributed by atoms with Gasteiger partial charge >= 0.3 is 0 Å². The highest BCUT2D eigenvalue weighted by Crippen LogP contribution is 2.36. The molecular weight excluding hydrogens is 240 g/mol. The molecule has 1 aliphatic rings. The molecule has 4 heteroatoms. The van der Waals surface area contributed by atoms with Crippen LogP contribution in [0.2, 0.25) is 0 Å². The van der Waals surface area contributed by atoms with Gasteiger partial charge in [-0.25, -0.2) is 0 Å². The number of methoxy groups -OCH3 is 1. The van der Waals surface area contributed by atoms with Crippen LogP contribution in [0.25, 0.3) is 0 Å². The number of nitrogens with one attached hydrogen (secondary N) is 1. The third kappa shape index (κ3) is 3.18. The van der Waals surface area contributed by atoms with Gasteiger partial charge in [-0.3, -0.25) is 4.98 Å². The average Bonchev–Trinajstić information content (AvgIpc) is 2.42. The van der Waals surface area contributed by atoms with Crippen molar-refractivity contribution in [2.75, 3.05) is 19.0 Å². The zero-order valence-electron chi connectivity index (χ0n) is 12.1. The quantitative estimate of drug-likeness (QED) is 0.878. The first kappa shape index (κ1) is 14.1. The molecule has 0 amide bonds. The Labute approximate surface area is 115 Å². The number of rotatable bonds is 4. The van der Waals surface area contributed by atoms with E-state index in [1.165, 1.54) is 0 Å². The van der Waals surface area contributed by atoms with E-state index < -0.39 is 0 Å². The van der Waals surface area contributed by atoms with Gasteiger partial charge in [0.15, 0.2) is 5.75 Å². The molecule has 1 aromatic heterocycles. The second-order valence-electron chi connectivity index (χ2n) is 5.77. The van der Waals surface area contributed by atoms with Crippen LogP contribution < -0.4 is 10.1 Å². The molecule has 0 radical (unpaired) electrons. The minimum absolute atomic E-state index is 0.157. The van der Waals surface area contributed by atoms with E-state index in [0.717, 1.165) is 48.7 Å². The standard InChI is InChI=1S/C15H24N2O2/c1-11-4-6-15(10-18,7-5-11)17-13-8-12(2)16-9-14(13)19-3/h8-9,11,18H,4-7,10H2,1-3H3,(H,16,17). The number of pyridine rings is 1. The lowest BCUT2D eigenvalue weighted by atomic mass is 9.77. The van der Waals surface area contributed by atoms with E-state index in [-0.39, 0.29) is 12.1 Å². The summed E-state index contributed by atoms with van der Waals surface area (Å²) in [5.74, 6) is 1.49. The van der Waals surface area contributed by atoms with Gasteiger partial charge < -0.3 is 15.2 Å². The molecule has 1 saturated carbocycles. The number of aromatic nitrogens is 1. The molecule has 0 aliphatic heterocycles. The molecule has 0 atom stereocenters. The summed E-state index contributed by atoms with van der Waals surface area (Å²) in [6.07, 6.45) is 6.03. The molecular formula is C15H24N2O2. The van der Waals surface area contributed by atoms with Crippen molar-refractivity contribution in [2.45, 2.75) is 45.1 Å². The van der Waals surface area contributed by atoms with Crippen molar-refractivity contribution in [3.63, 3.8) is 0 Å². The van der Waals surface area contributed by atoms with Gasteiger partial charge in [-0.2, -0.15) is 0 Å². The van der Waals surface area contributed by atoms with Crippen molar-refractivity contribution >= 4 is 5.69 Å². The summed E-state index contributed by atoms with van der Waals surface area (Å²) in [5, 5.41) is 13.3. The van der Waals surface area contributed by atoms with Crippen LogP contribution in [0, 0.1) is 12.8 Å². The van der Waals surface area contributed by atoms with Crippen LogP contribution in [0.15, 0.2) is 12.3 Å². The Kier molecular flexibility index (Phi) is 4.30. The number of aliphatic hydroxyl groups is 1. The number of aliphatic hydroxyl groups excluding tert-OH is 1. The summed E-state index contributed by atoms with van der Waals surface area (Å²) < 4.78 is 5.35. The number of hydrogen-bond acceptors (Lipinski definition) is 4. The Morgan fingerprint density at radius 3 is 2.74 bits per heavy atom. The van der Waals surface area contributed by atoms with E-state index in [0.29, 0.717) is 0 Å². The lowest BCUT2D eigenvalue weighted by molar-refractivity contribution is 0.155. The SMILES string of the molecule is COc1cnc(C)cc1NC1(CO)CCC(C)CC1. The van der Waals surface area contributed by atoms with E-state index in [4.69, 9.17) is 4.74 Å². The maximum atomic E-state index is 9.80. The summed E-state index contributed by atoms with van der Waals surface area (Å²) in [4.78, 5) is 4.24. The van der Waals surface area contributed by atoms with Crippen LogP contribution in [0.3, 0.4) is 0 Å². The van der Waals surface area contributed by atoms with E-state index in [9.17, 15) is 5.11 Å². The van der Waals surface area contributed by atoms with Gasteiger partial charge in [0.1, 0.15) is 0 Å². The van der Waals surface area contributed by atoms with Crippen LogP contribution >= 0.6 is 0 Å². The Balaban J connectivity index is 2.20. The van der Waals surface area contributed by atoms with Gasteiger partial charge in [0.2, 0.25) is 0 Å². The van der Waals surface area contributed by atoms with Gasteiger partial charge in [0.05, 0.1) is 31.1 Å². The molecule has 0 saturated heterocycles. The molecule has 1 aromatic rings. The number of aryl methyl sites for hydroxylation is 1. The smallest absolute Gasteiger partial charge is 0.160 e. The van der Waals surface area contributed by atoms with Crippen molar-refractivity contribution in [1.29, 1.82) is 0 Å². The van der Waals surface area contributed by atoms with Crippen LogP contribution in [-0.4, -0.2) is 29.3 Å². The molecule has 4 nitrogen and oxygen atoms in total. The van der Waals surface area contributed by atoms with Gasteiger partial charge in [-0.15, -0.1) is 0 Å². The maximum Gasteiger partial charge on any atom is 0.160 e. The van der Waals surface area contributed by atoms with Gasteiger partial charge in [-0.05, 0) is 44.6 Å². The van der Waals surface area contributed by atoms with E-state index >= 15 is 0 Å². The van der Waals surface area contributed by atoms with Crippen molar-refractivity contribution in [3.8, 4) is 5.75 Å². The number of nitrogens with zero attached hydrogens (tertiary/aromatic N) is 1. The Bertz CT molecular complexity index is 426. The first-order chi connectivity index (χ1) is 9.08. The molecule has 1 aliphatic carbocycles. The molecule has 0 unspecified atom stereocenters. The average molecular weight is 264 g/mol. The van der Waals surface area contributed by atoms with Gasteiger partial charge in [0, 0.05) is 5.69 Å². The predicted molar refractivity (Wildman–Crippen MR) is 76.6 cm³/mol. The normalized spacial score (nSPS) is 27.1. The highest BCUT2D eigenvalue weighted by molar-refractivity contribution is 5.57. The minimum atomic E-state index is -0.215. The van der Waals surface area contributed by atoms with Crippen LogP contribution in [0.5, 0.6) is 5.75 Å². The molecule has 1 heterocycles. The van der Waals surface area contributed by atoms with Crippen LogP contribution in [0.1, 0.15) is 38.3 Å². The fraction of sp³-hybridized carbons (Fsp3) is 0.667. The minimum Gasteiger partial charge on any atom is -0.493 e. The summed E-state index contributed by atoms with van der Waals surface area (Å²) in [6.45, 7) is 4.39. The largest absolute Gasteiger partial charge is 0.493 e. The lowest BCUT2D eigenvalue weighted by Crippen LogP contribution is -2.45. The Morgan fingerprint density at radius 1 is 1.47 bits per heavy atom. The Hall–Kier alpha value is -1.29. The number of hydrogen-bond donors (Lipinski definition) is 2. The molecule has 2 N–H and O–H groups in total. The fourth-order valence-electron chi connectivity index (χ4n) is 2.73. The van der Waals surface area contributed by atoms with Crippen molar-refractivity contribution in [2.24, 2.45) is 5.92 Å². The number of ether oxygens (including phenoxy) is 1. The third-order valence-corrected chi connectivity index (χ3v) is 4.16. The summed E-state index contributed by atoms with van der Waals surface area (Å²) >= 11 is 0. The first-order valence-corrected chi connectivity index (χ1v) is 6.98. The monoisotopic (exact) mass is 264 g/mol. The zero-order valence-corrected chi connectivity index (χ0v) is 12.1. The van der Waals surface area contributed by atoms with Gasteiger partial charge in [-0.1, -0.05) is 6.92 Å². The highest BCUT2D eigenvalue weighted by atomic mass is 16.5. The molecule has 106 valence electrons. The summed E-state index contributed by atoms with van der Waals surface area (Å²) in [7, 11) is 1.64. The third-order valence-electron chi connectivity index (χ3n) is 4.16. The van der Waals surface area contributed by atoms with E-state index in [1.807, 2.05) is 13.0 Å². The topological polar surface area (TPSA) is 54.4 Å². The first-order valence-electron chi connectivity index (χ1n) is 6.98. The second-order valence-corrected chi connectivity index (χ2v) is 5.77. The van der Waals surface area contributed by atoms with Crippen molar-refractivity contribution < 1.29 is 9.84 Å². The Morgan fingerprint density at radius 2 is 2.16 bits per heavy atom. The van der Waals surface area contributed by atoms with Crippen molar-refractivity contribution in [1.82, 2.24) is 4.98 Å².